The smallest absolute Gasteiger partial charge is 0.265 e. The second-order valence-corrected chi connectivity index (χ2v) is 9.33. The highest BCUT2D eigenvalue weighted by molar-refractivity contribution is 7.19. The molecule has 158 valence electrons. The van der Waals surface area contributed by atoms with Crippen LogP contribution in [0.3, 0.4) is 0 Å². The summed E-state index contributed by atoms with van der Waals surface area (Å²) in [5.41, 5.74) is 3.96. The molecule has 1 aliphatic heterocycles. The van der Waals surface area contributed by atoms with E-state index in [0.717, 1.165) is 45.6 Å². The quantitative estimate of drug-likeness (QED) is 0.388. The molecule has 2 aromatic heterocycles. The summed E-state index contributed by atoms with van der Waals surface area (Å²) in [4.78, 5) is 23.7. The van der Waals surface area contributed by atoms with Gasteiger partial charge in [0, 0.05) is 49.3 Å². The highest BCUT2D eigenvalue weighted by atomic mass is 35.5. The second-order valence-electron chi connectivity index (χ2n) is 7.54. The van der Waals surface area contributed by atoms with E-state index in [1.807, 2.05) is 71.0 Å². The van der Waals surface area contributed by atoms with E-state index >= 15 is 0 Å². The van der Waals surface area contributed by atoms with Crippen molar-refractivity contribution in [2.24, 2.45) is 0 Å². The molecule has 0 bridgehead atoms. The van der Waals surface area contributed by atoms with Gasteiger partial charge < -0.3 is 9.80 Å². The lowest BCUT2D eigenvalue weighted by Gasteiger charge is -2.36. The number of halogens is 2. The first-order valence-electron chi connectivity index (χ1n) is 10.0. The van der Waals surface area contributed by atoms with Gasteiger partial charge in [0.25, 0.3) is 5.91 Å². The van der Waals surface area contributed by atoms with Crippen molar-refractivity contribution in [1.29, 1.82) is 0 Å². The number of amides is 1. The minimum absolute atomic E-state index is 0.0723. The Balaban J connectivity index is 1.32. The zero-order valence-electron chi connectivity index (χ0n) is 16.9. The highest BCUT2D eigenvalue weighted by Crippen LogP contribution is 2.30. The number of aryl methyl sites for hydroxylation is 1. The summed E-state index contributed by atoms with van der Waals surface area (Å²) in [7, 11) is 0. The lowest BCUT2D eigenvalue weighted by atomic mass is 10.2. The highest BCUT2D eigenvalue weighted by Gasteiger charge is 2.26. The third-order valence-corrected chi connectivity index (χ3v) is 7.54. The second kappa shape index (κ2) is 8.19. The molecule has 0 spiro atoms. The molecule has 31 heavy (non-hydrogen) atoms. The van der Waals surface area contributed by atoms with Crippen LogP contribution in [0.5, 0.6) is 0 Å². The Morgan fingerprint density at radius 1 is 1.00 bits per heavy atom. The summed E-state index contributed by atoms with van der Waals surface area (Å²) < 4.78 is 2.02. The molecule has 0 aliphatic carbocycles. The normalized spacial score (nSPS) is 14.4. The first-order valence-corrected chi connectivity index (χ1v) is 11.6. The zero-order valence-corrected chi connectivity index (χ0v) is 19.2. The molecule has 1 fully saturated rings. The predicted octanol–water partition coefficient (Wildman–Crippen LogP) is 5.64. The molecule has 1 aliphatic rings. The molecular weight excluding hydrogens is 451 g/mol. The third-order valence-electron chi connectivity index (χ3n) is 5.66. The average molecular weight is 471 g/mol. The molecule has 0 N–H and O–H groups in total. The largest absolute Gasteiger partial charge is 0.368 e. The van der Waals surface area contributed by atoms with E-state index in [1.54, 1.807) is 0 Å². The first-order chi connectivity index (χ1) is 15.0. The van der Waals surface area contributed by atoms with E-state index in [2.05, 4.69) is 4.90 Å². The Labute approximate surface area is 194 Å². The van der Waals surface area contributed by atoms with Crippen molar-refractivity contribution in [2.75, 3.05) is 31.1 Å². The number of imidazole rings is 1. The van der Waals surface area contributed by atoms with Gasteiger partial charge in [0.05, 0.1) is 15.7 Å². The molecule has 2 aromatic carbocycles. The predicted molar refractivity (Wildman–Crippen MR) is 128 cm³/mol. The van der Waals surface area contributed by atoms with Gasteiger partial charge in [-0.3, -0.25) is 9.20 Å². The van der Waals surface area contributed by atoms with Crippen LogP contribution in [0.15, 0.2) is 54.7 Å². The monoisotopic (exact) mass is 470 g/mol. The van der Waals surface area contributed by atoms with E-state index in [9.17, 15) is 4.79 Å². The Hall–Kier alpha value is -2.54. The molecular formula is C23H20Cl2N4OS. The first kappa shape index (κ1) is 20.4. The average Bonchev–Trinajstić information content (AvgIpc) is 3.35. The molecule has 1 saturated heterocycles. The Morgan fingerprint density at radius 2 is 1.74 bits per heavy atom. The number of carbonyl (C=O) groups is 1. The van der Waals surface area contributed by atoms with Crippen LogP contribution < -0.4 is 4.90 Å². The third kappa shape index (κ3) is 3.80. The number of nitrogens with zero attached hydrogens (tertiary/aromatic N) is 4. The van der Waals surface area contributed by atoms with E-state index < -0.39 is 0 Å². The molecule has 5 rings (SSSR count). The summed E-state index contributed by atoms with van der Waals surface area (Å²) in [6.45, 7) is 4.81. The summed E-state index contributed by atoms with van der Waals surface area (Å²) in [6, 6.07) is 15.7. The van der Waals surface area contributed by atoms with Crippen LogP contribution in [0.1, 0.15) is 15.4 Å². The standard InChI is InChI=1S/C23H20Cl2N4OS/c1-15-21(31-23-26-20(14-29(15)23)16-5-3-2-4-6-16)22(30)28-11-9-27(10-12-28)17-7-8-18(24)19(25)13-17/h2-8,13-14H,9-12H2,1H3. The van der Waals surface area contributed by atoms with Gasteiger partial charge in [0.15, 0.2) is 4.96 Å². The number of fused-ring (bicyclic) bond motifs is 1. The number of rotatable bonds is 3. The van der Waals surface area contributed by atoms with Crippen LogP contribution in [-0.2, 0) is 0 Å². The van der Waals surface area contributed by atoms with Crippen LogP contribution >= 0.6 is 34.5 Å². The maximum absolute atomic E-state index is 13.2. The van der Waals surface area contributed by atoms with Gasteiger partial charge >= 0.3 is 0 Å². The SMILES string of the molecule is Cc1c(C(=O)N2CCN(c3ccc(Cl)c(Cl)c3)CC2)sc2nc(-c3ccccc3)cn12. The number of benzene rings is 2. The molecule has 0 radical (unpaired) electrons. The van der Waals surface area contributed by atoms with Gasteiger partial charge in [0.2, 0.25) is 0 Å². The lowest BCUT2D eigenvalue weighted by molar-refractivity contribution is 0.0750. The number of hydrogen-bond acceptors (Lipinski definition) is 4. The van der Waals surface area contributed by atoms with Gasteiger partial charge in [-0.05, 0) is 25.1 Å². The zero-order chi connectivity index (χ0) is 21.5. The minimum atomic E-state index is 0.0723. The summed E-state index contributed by atoms with van der Waals surface area (Å²) in [5, 5.41) is 1.10. The summed E-state index contributed by atoms with van der Waals surface area (Å²) in [5.74, 6) is 0.0723. The van der Waals surface area contributed by atoms with Crippen molar-refractivity contribution >= 4 is 51.1 Å². The minimum Gasteiger partial charge on any atom is -0.368 e. The molecule has 0 atom stereocenters. The van der Waals surface area contributed by atoms with Crippen molar-refractivity contribution in [3.05, 3.63) is 75.3 Å². The fourth-order valence-corrected chi connectivity index (χ4v) is 5.26. The molecule has 8 heteroatoms. The number of piperazine rings is 1. The molecule has 4 aromatic rings. The number of hydrogen-bond donors (Lipinski definition) is 0. The number of anilines is 1. The van der Waals surface area contributed by atoms with Crippen LogP contribution in [0.4, 0.5) is 5.69 Å². The van der Waals surface area contributed by atoms with Crippen molar-refractivity contribution < 1.29 is 4.79 Å². The van der Waals surface area contributed by atoms with E-state index in [-0.39, 0.29) is 5.91 Å². The molecule has 5 nitrogen and oxygen atoms in total. The maximum atomic E-state index is 13.2. The van der Waals surface area contributed by atoms with Crippen molar-refractivity contribution in [3.8, 4) is 11.3 Å². The van der Waals surface area contributed by atoms with Gasteiger partial charge in [-0.1, -0.05) is 64.9 Å². The Morgan fingerprint density at radius 3 is 2.42 bits per heavy atom. The molecule has 0 unspecified atom stereocenters. The number of thiazole rings is 1. The van der Waals surface area contributed by atoms with Crippen LogP contribution in [0, 0.1) is 6.92 Å². The van der Waals surface area contributed by atoms with Crippen molar-refractivity contribution in [2.45, 2.75) is 6.92 Å². The van der Waals surface area contributed by atoms with E-state index in [1.165, 1.54) is 11.3 Å². The van der Waals surface area contributed by atoms with E-state index in [0.29, 0.717) is 23.1 Å². The molecule has 0 saturated carbocycles. The van der Waals surface area contributed by atoms with Crippen LogP contribution in [0.2, 0.25) is 10.0 Å². The topological polar surface area (TPSA) is 40.9 Å². The lowest BCUT2D eigenvalue weighted by Crippen LogP contribution is -2.48. The van der Waals surface area contributed by atoms with Crippen molar-refractivity contribution in [3.63, 3.8) is 0 Å². The number of aromatic nitrogens is 2. The fraction of sp³-hybridized carbons (Fsp3) is 0.217. The summed E-state index contributed by atoms with van der Waals surface area (Å²) >= 11 is 13.6. The maximum Gasteiger partial charge on any atom is 0.265 e. The van der Waals surface area contributed by atoms with Gasteiger partial charge in [-0.25, -0.2) is 4.98 Å². The van der Waals surface area contributed by atoms with Gasteiger partial charge in [-0.2, -0.15) is 0 Å². The fourth-order valence-electron chi connectivity index (χ4n) is 3.89. The number of carbonyl (C=O) groups excluding carboxylic acids is 1. The van der Waals surface area contributed by atoms with Gasteiger partial charge in [0.1, 0.15) is 4.88 Å². The molecule has 1 amide bonds. The van der Waals surface area contributed by atoms with Gasteiger partial charge in [-0.15, -0.1) is 0 Å². The van der Waals surface area contributed by atoms with Crippen LogP contribution in [0.25, 0.3) is 16.2 Å². The molecule has 3 heterocycles. The Kier molecular flexibility index (Phi) is 5.38. The summed E-state index contributed by atoms with van der Waals surface area (Å²) in [6.07, 6.45) is 2.01. The van der Waals surface area contributed by atoms with Crippen molar-refractivity contribution in [1.82, 2.24) is 14.3 Å². The van der Waals surface area contributed by atoms with Crippen LogP contribution in [-0.4, -0.2) is 46.4 Å². The Bertz CT molecular complexity index is 1260. The van der Waals surface area contributed by atoms with E-state index in [4.69, 9.17) is 28.2 Å².